The summed E-state index contributed by atoms with van der Waals surface area (Å²) in [6.45, 7) is 3.15. The minimum atomic E-state index is -3.42. The van der Waals surface area contributed by atoms with Gasteiger partial charge in [0.1, 0.15) is 15.7 Å². The van der Waals surface area contributed by atoms with E-state index in [4.69, 9.17) is 9.47 Å². The highest BCUT2D eigenvalue weighted by molar-refractivity contribution is 7.91. The van der Waals surface area contributed by atoms with Gasteiger partial charge in [-0.2, -0.15) is 4.31 Å². The zero-order valence-corrected chi connectivity index (χ0v) is 19.1. The van der Waals surface area contributed by atoms with Crippen LogP contribution in [-0.4, -0.2) is 45.9 Å². The molecule has 1 aromatic heterocycles. The summed E-state index contributed by atoms with van der Waals surface area (Å²) in [4.78, 5) is 12.7. The summed E-state index contributed by atoms with van der Waals surface area (Å²) in [5.74, 6) is 1.28. The van der Waals surface area contributed by atoms with Crippen molar-refractivity contribution in [2.75, 3.05) is 27.3 Å². The standard InChI is InChI=1S/C21H28N2O5S2/c1-15(21(24)22-14-17-6-7-18(27-2)13-19(17)28-3)16-8-10-23(11-9-16)30(25,26)20-5-4-12-29-20/h4-7,12-13,15-16H,8-11,14H2,1-3H3,(H,22,24)/t15-/m1/s1. The number of nitrogens with one attached hydrogen (secondary N) is 1. The summed E-state index contributed by atoms with van der Waals surface area (Å²) in [6, 6.07) is 8.87. The van der Waals surface area contributed by atoms with Crippen molar-refractivity contribution >= 4 is 27.3 Å². The van der Waals surface area contributed by atoms with Gasteiger partial charge in [0.2, 0.25) is 5.91 Å². The number of methoxy groups -OCH3 is 2. The maximum absolute atomic E-state index is 12.7. The van der Waals surface area contributed by atoms with Crippen molar-refractivity contribution in [2.45, 2.75) is 30.5 Å². The van der Waals surface area contributed by atoms with Crippen LogP contribution in [0.15, 0.2) is 39.9 Å². The van der Waals surface area contributed by atoms with Crippen molar-refractivity contribution < 1.29 is 22.7 Å². The van der Waals surface area contributed by atoms with Crippen LogP contribution in [0.1, 0.15) is 25.3 Å². The first-order valence-corrected chi connectivity index (χ1v) is 12.2. The number of carbonyl (C=O) groups excluding carboxylic acids is 1. The number of thiophene rings is 1. The van der Waals surface area contributed by atoms with Crippen molar-refractivity contribution in [3.63, 3.8) is 0 Å². The Morgan fingerprint density at radius 3 is 2.57 bits per heavy atom. The Balaban J connectivity index is 1.54. The molecule has 0 aliphatic carbocycles. The number of amides is 1. The van der Waals surface area contributed by atoms with E-state index in [2.05, 4.69) is 5.32 Å². The number of nitrogens with zero attached hydrogens (tertiary/aromatic N) is 1. The van der Waals surface area contributed by atoms with Gasteiger partial charge in [-0.3, -0.25) is 4.79 Å². The quantitative estimate of drug-likeness (QED) is 0.665. The number of piperidine rings is 1. The maximum Gasteiger partial charge on any atom is 0.252 e. The average molecular weight is 453 g/mol. The van der Waals surface area contributed by atoms with Crippen molar-refractivity contribution in [2.24, 2.45) is 11.8 Å². The second-order valence-corrected chi connectivity index (χ2v) is 10.5. The van der Waals surface area contributed by atoms with Crippen molar-refractivity contribution in [3.05, 3.63) is 41.3 Å². The van der Waals surface area contributed by atoms with Gasteiger partial charge >= 0.3 is 0 Å². The molecule has 1 saturated heterocycles. The predicted octanol–water partition coefficient (Wildman–Crippen LogP) is 3.12. The fraction of sp³-hybridized carbons (Fsp3) is 0.476. The van der Waals surface area contributed by atoms with E-state index in [0.29, 0.717) is 48.2 Å². The lowest BCUT2D eigenvalue weighted by Crippen LogP contribution is -2.42. The molecule has 1 aliphatic heterocycles. The third-order valence-electron chi connectivity index (χ3n) is 5.66. The number of rotatable bonds is 8. The number of sulfonamides is 1. The molecule has 0 spiro atoms. The highest BCUT2D eigenvalue weighted by Gasteiger charge is 2.33. The molecule has 1 aliphatic rings. The molecule has 0 radical (unpaired) electrons. The van der Waals surface area contributed by atoms with Gasteiger partial charge in [-0.05, 0) is 42.3 Å². The highest BCUT2D eigenvalue weighted by Crippen LogP contribution is 2.30. The van der Waals surface area contributed by atoms with Crippen LogP contribution in [0.3, 0.4) is 0 Å². The Bertz CT molecular complexity index is 952. The fourth-order valence-electron chi connectivity index (χ4n) is 3.71. The largest absolute Gasteiger partial charge is 0.497 e. The zero-order valence-electron chi connectivity index (χ0n) is 17.5. The van der Waals surface area contributed by atoms with Gasteiger partial charge in [-0.1, -0.05) is 13.0 Å². The summed E-state index contributed by atoms with van der Waals surface area (Å²) in [6.07, 6.45) is 1.34. The van der Waals surface area contributed by atoms with Gasteiger partial charge in [0.15, 0.2) is 0 Å². The highest BCUT2D eigenvalue weighted by atomic mass is 32.2. The fourth-order valence-corrected chi connectivity index (χ4v) is 6.32. The van der Waals surface area contributed by atoms with Crippen LogP contribution in [0.5, 0.6) is 11.5 Å². The number of benzene rings is 1. The van der Waals surface area contributed by atoms with Gasteiger partial charge in [0.05, 0.1) is 14.2 Å². The molecule has 1 aromatic carbocycles. The van der Waals surface area contributed by atoms with Crippen LogP contribution >= 0.6 is 11.3 Å². The lowest BCUT2D eigenvalue weighted by Gasteiger charge is -2.33. The average Bonchev–Trinajstić information content (AvgIpc) is 3.32. The molecular formula is C21H28N2O5S2. The first-order chi connectivity index (χ1) is 14.4. The lowest BCUT2D eigenvalue weighted by molar-refractivity contribution is -0.126. The Hall–Kier alpha value is -2.10. The van der Waals surface area contributed by atoms with Crippen LogP contribution in [0.4, 0.5) is 0 Å². The van der Waals surface area contributed by atoms with Crippen LogP contribution in [0.25, 0.3) is 0 Å². The van der Waals surface area contributed by atoms with Gasteiger partial charge in [0.25, 0.3) is 10.0 Å². The molecule has 9 heteroatoms. The third-order valence-corrected chi connectivity index (χ3v) is 8.93. The normalized spacial score (nSPS) is 16.8. The Morgan fingerprint density at radius 1 is 1.23 bits per heavy atom. The monoisotopic (exact) mass is 452 g/mol. The van der Waals surface area contributed by atoms with Gasteiger partial charge < -0.3 is 14.8 Å². The summed E-state index contributed by atoms with van der Waals surface area (Å²) < 4.78 is 37.8. The van der Waals surface area contributed by atoms with E-state index in [1.807, 2.05) is 19.1 Å². The second kappa shape index (κ2) is 9.80. The Labute approximate surface area is 182 Å². The number of hydrogen-bond donors (Lipinski definition) is 1. The molecule has 1 amide bonds. The van der Waals surface area contributed by atoms with Gasteiger partial charge in [-0.25, -0.2) is 8.42 Å². The molecule has 30 heavy (non-hydrogen) atoms. The van der Waals surface area contributed by atoms with Crippen molar-refractivity contribution in [1.29, 1.82) is 0 Å². The molecule has 1 fully saturated rings. The van der Waals surface area contributed by atoms with E-state index in [0.717, 1.165) is 5.56 Å². The van der Waals surface area contributed by atoms with E-state index >= 15 is 0 Å². The van der Waals surface area contributed by atoms with Crippen LogP contribution in [0, 0.1) is 11.8 Å². The molecule has 0 bridgehead atoms. The molecule has 7 nitrogen and oxygen atoms in total. The number of carbonyl (C=O) groups is 1. The first kappa shape index (κ1) is 22.6. The second-order valence-electron chi connectivity index (χ2n) is 7.36. The lowest BCUT2D eigenvalue weighted by atomic mass is 9.85. The summed E-state index contributed by atoms with van der Waals surface area (Å²) in [7, 11) is -0.244. The van der Waals surface area contributed by atoms with Gasteiger partial charge in [-0.15, -0.1) is 11.3 Å². The molecule has 1 N–H and O–H groups in total. The van der Waals surface area contributed by atoms with Crippen LogP contribution < -0.4 is 14.8 Å². The zero-order chi connectivity index (χ0) is 21.7. The number of hydrogen-bond acceptors (Lipinski definition) is 6. The number of ether oxygens (including phenoxy) is 2. The molecular weight excluding hydrogens is 424 g/mol. The molecule has 164 valence electrons. The summed E-state index contributed by atoms with van der Waals surface area (Å²) in [5.41, 5.74) is 0.871. The van der Waals surface area contributed by atoms with Crippen LogP contribution in [-0.2, 0) is 21.4 Å². The Kier molecular flexibility index (Phi) is 7.38. The van der Waals surface area contributed by atoms with Crippen molar-refractivity contribution in [3.8, 4) is 11.5 Å². The predicted molar refractivity (Wildman–Crippen MR) is 116 cm³/mol. The third kappa shape index (κ3) is 4.96. The molecule has 2 heterocycles. The first-order valence-electron chi connectivity index (χ1n) is 9.89. The molecule has 0 unspecified atom stereocenters. The summed E-state index contributed by atoms with van der Waals surface area (Å²) in [5, 5.41) is 4.75. The SMILES string of the molecule is COc1ccc(CNC(=O)[C@H](C)C2CCN(S(=O)(=O)c3cccs3)CC2)c(OC)c1. The van der Waals surface area contributed by atoms with E-state index in [1.165, 1.54) is 15.6 Å². The van der Waals surface area contributed by atoms with E-state index in [1.54, 1.807) is 37.8 Å². The van der Waals surface area contributed by atoms with Gasteiger partial charge in [0, 0.05) is 37.2 Å². The minimum absolute atomic E-state index is 0.0348. The molecule has 3 rings (SSSR count). The van der Waals surface area contributed by atoms with E-state index < -0.39 is 10.0 Å². The molecule has 1 atom stereocenters. The molecule has 0 saturated carbocycles. The van der Waals surface area contributed by atoms with Crippen molar-refractivity contribution in [1.82, 2.24) is 9.62 Å². The molecule has 2 aromatic rings. The smallest absolute Gasteiger partial charge is 0.252 e. The Morgan fingerprint density at radius 2 is 1.97 bits per heavy atom. The maximum atomic E-state index is 12.7. The van der Waals surface area contributed by atoms with E-state index in [9.17, 15) is 13.2 Å². The van der Waals surface area contributed by atoms with Crippen LogP contribution in [0.2, 0.25) is 0 Å². The summed E-state index contributed by atoms with van der Waals surface area (Å²) >= 11 is 1.23. The van der Waals surface area contributed by atoms with E-state index in [-0.39, 0.29) is 17.7 Å². The topological polar surface area (TPSA) is 84.9 Å². The minimum Gasteiger partial charge on any atom is -0.497 e.